The molecule has 0 bridgehead atoms. The summed E-state index contributed by atoms with van der Waals surface area (Å²) < 4.78 is 7.11. The Morgan fingerprint density at radius 1 is 1.45 bits per heavy atom. The summed E-state index contributed by atoms with van der Waals surface area (Å²) in [5.74, 6) is 0.801. The first-order valence-corrected chi connectivity index (χ1v) is 7.35. The number of thiazole rings is 1. The zero-order chi connectivity index (χ0) is 14.4. The maximum Gasteiger partial charge on any atom is 0.224 e. The standard InChI is InChI=1S/C15H18NO3S/c1-19-13-4-2-3-12(9-13)15(18)5-7-16-10-14(6-8-17)20-11-16/h2-4,9-11,17H,5-8H2,1H3/q+1. The SMILES string of the molecule is COc1cccc(C(=O)CC[n+]2csc(CCO)c2)c1. The molecule has 1 heterocycles. The summed E-state index contributed by atoms with van der Waals surface area (Å²) in [5, 5.41) is 8.88. The van der Waals surface area contributed by atoms with Gasteiger partial charge in [0.05, 0.1) is 18.4 Å². The average molecular weight is 292 g/mol. The molecular weight excluding hydrogens is 274 g/mol. The van der Waals surface area contributed by atoms with E-state index in [0.717, 1.165) is 4.88 Å². The molecule has 0 amide bonds. The second-order valence-corrected chi connectivity index (χ2v) is 5.41. The number of hydrogen-bond acceptors (Lipinski definition) is 4. The Bertz CT molecular complexity index is 580. The Morgan fingerprint density at radius 2 is 2.30 bits per heavy atom. The van der Waals surface area contributed by atoms with Crippen molar-refractivity contribution < 1.29 is 19.2 Å². The highest BCUT2D eigenvalue weighted by Crippen LogP contribution is 2.14. The molecule has 0 spiro atoms. The number of carbonyl (C=O) groups is 1. The summed E-state index contributed by atoms with van der Waals surface area (Å²) in [7, 11) is 1.59. The molecule has 0 saturated heterocycles. The number of ketones is 1. The van der Waals surface area contributed by atoms with Gasteiger partial charge in [-0.3, -0.25) is 4.79 Å². The number of aliphatic hydroxyl groups excluding tert-OH is 1. The highest BCUT2D eigenvalue weighted by molar-refractivity contribution is 7.09. The third kappa shape index (κ3) is 3.88. The lowest BCUT2D eigenvalue weighted by molar-refractivity contribution is -0.691. The largest absolute Gasteiger partial charge is 0.497 e. The van der Waals surface area contributed by atoms with Crippen LogP contribution in [0.4, 0.5) is 0 Å². The van der Waals surface area contributed by atoms with Crippen molar-refractivity contribution in [1.82, 2.24) is 0 Å². The number of benzene rings is 1. The Labute approximate surface area is 122 Å². The molecule has 20 heavy (non-hydrogen) atoms. The topological polar surface area (TPSA) is 50.4 Å². The summed E-state index contributed by atoms with van der Waals surface area (Å²) >= 11 is 1.60. The molecule has 5 heteroatoms. The maximum atomic E-state index is 12.1. The van der Waals surface area contributed by atoms with E-state index in [4.69, 9.17) is 9.84 Å². The van der Waals surface area contributed by atoms with Crippen molar-refractivity contribution in [3.05, 3.63) is 46.4 Å². The van der Waals surface area contributed by atoms with E-state index in [0.29, 0.717) is 30.7 Å². The van der Waals surface area contributed by atoms with E-state index in [-0.39, 0.29) is 12.4 Å². The second-order valence-electron chi connectivity index (χ2n) is 4.44. The van der Waals surface area contributed by atoms with Gasteiger partial charge < -0.3 is 9.84 Å². The quantitative estimate of drug-likeness (QED) is 0.626. The smallest absolute Gasteiger partial charge is 0.224 e. The first kappa shape index (κ1) is 14.7. The van der Waals surface area contributed by atoms with E-state index in [1.54, 1.807) is 30.6 Å². The van der Waals surface area contributed by atoms with Crippen LogP contribution < -0.4 is 9.30 Å². The molecule has 106 valence electrons. The van der Waals surface area contributed by atoms with Crippen LogP contribution in [0.5, 0.6) is 5.75 Å². The minimum atomic E-state index is 0.103. The highest BCUT2D eigenvalue weighted by Gasteiger charge is 2.12. The number of aliphatic hydroxyl groups is 1. The van der Waals surface area contributed by atoms with Crippen molar-refractivity contribution >= 4 is 17.1 Å². The van der Waals surface area contributed by atoms with Gasteiger partial charge in [-0.2, -0.15) is 4.57 Å². The third-order valence-electron chi connectivity index (χ3n) is 3.00. The number of ether oxygens (including phenoxy) is 1. The molecule has 0 unspecified atom stereocenters. The van der Waals surface area contributed by atoms with E-state index in [1.165, 1.54) is 0 Å². The van der Waals surface area contributed by atoms with Crippen LogP contribution in [0.2, 0.25) is 0 Å². The number of aryl methyl sites for hydroxylation is 1. The van der Waals surface area contributed by atoms with Gasteiger partial charge in [-0.05, 0) is 12.1 Å². The van der Waals surface area contributed by atoms with E-state index in [1.807, 2.05) is 28.4 Å². The zero-order valence-electron chi connectivity index (χ0n) is 11.4. The maximum absolute atomic E-state index is 12.1. The average Bonchev–Trinajstić information content (AvgIpc) is 2.93. The van der Waals surface area contributed by atoms with E-state index >= 15 is 0 Å². The predicted molar refractivity (Wildman–Crippen MR) is 77.2 cm³/mol. The van der Waals surface area contributed by atoms with Gasteiger partial charge in [-0.15, -0.1) is 0 Å². The summed E-state index contributed by atoms with van der Waals surface area (Å²) in [6.45, 7) is 0.807. The highest BCUT2D eigenvalue weighted by atomic mass is 32.1. The van der Waals surface area contributed by atoms with Gasteiger partial charge in [0.1, 0.15) is 5.75 Å². The molecule has 1 aromatic carbocycles. The molecule has 0 aliphatic heterocycles. The Balaban J connectivity index is 1.93. The molecular formula is C15H18NO3S+. The zero-order valence-corrected chi connectivity index (χ0v) is 12.2. The summed E-state index contributed by atoms with van der Waals surface area (Å²) in [5.41, 5.74) is 2.65. The molecule has 2 aromatic rings. The molecule has 2 rings (SSSR count). The van der Waals surface area contributed by atoms with Gasteiger partial charge in [-0.1, -0.05) is 23.5 Å². The van der Waals surface area contributed by atoms with E-state index in [9.17, 15) is 4.79 Å². The van der Waals surface area contributed by atoms with Crippen molar-refractivity contribution in [2.45, 2.75) is 19.4 Å². The normalized spacial score (nSPS) is 10.5. The van der Waals surface area contributed by atoms with Crippen LogP contribution in [0, 0.1) is 0 Å². The molecule has 0 fully saturated rings. The van der Waals surface area contributed by atoms with Crippen LogP contribution in [0.25, 0.3) is 0 Å². The number of hydrogen-bond donors (Lipinski definition) is 1. The molecule has 1 N–H and O–H groups in total. The molecule has 4 nitrogen and oxygen atoms in total. The lowest BCUT2D eigenvalue weighted by Crippen LogP contribution is -2.31. The molecule has 1 aromatic heterocycles. The van der Waals surface area contributed by atoms with Gasteiger partial charge in [0.2, 0.25) is 5.51 Å². The van der Waals surface area contributed by atoms with Crippen LogP contribution in [0.1, 0.15) is 21.7 Å². The summed E-state index contributed by atoms with van der Waals surface area (Å²) in [6, 6.07) is 7.22. The molecule has 0 atom stereocenters. The Morgan fingerprint density at radius 3 is 3.05 bits per heavy atom. The number of rotatable bonds is 7. The lowest BCUT2D eigenvalue weighted by Gasteiger charge is -2.02. The lowest BCUT2D eigenvalue weighted by atomic mass is 10.1. The number of nitrogens with zero attached hydrogens (tertiary/aromatic N) is 1. The first-order valence-electron chi connectivity index (χ1n) is 6.47. The van der Waals surface area contributed by atoms with Gasteiger partial charge in [0, 0.05) is 18.6 Å². The molecule has 0 aliphatic carbocycles. The van der Waals surface area contributed by atoms with Gasteiger partial charge in [-0.25, -0.2) is 0 Å². The van der Waals surface area contributed by atoms with Crippen LogP contribution in [0.3, 0.4) is 0 Å². The monoisotopic (exact) mass is 292 g/mol. The van der Waals surface area contributed by atoms with Crippen molar-refractivity contribution in [1.29, 1.82) is 0 Å². The fourth-order valence-corrected chi connectivity index (χ4v) is 2.75. The van der Waals surface area contributed by atoms with E-state index in [2.05, 4.69) is 0 Å². The fraction of sp³-hybridized carbons (Fsp3) is 0.333. The van der Waals surface area contributed by atoms with Gasteiger partial charge >= 0.3 is 0 Å². The Hall–Kier alpha value is -1.72. The van der Waals surface area contributed by atoms with Crippen LogP contribution >= 0.6 is 11.3 Å². The number of methoxy groups -OCH3 is 1. The Kier molecular flexibility index (Phi) is 5.26. The minimum Gasteiger partial charge on any atom is -0.497 e. The van der Waals surface area contributed by atoms with Gasteiger partial charge in [0.25, 0.3) is 0 Å². The molecule has 0 aliphatic rings. The van der Waals surface area contributed by atoms with Crippen LogP contribution in [-0.4, -0.2) is 24.6 Å². The third-order valence-corrected chi connectivity index (χ3v) is 3.98. The van der Waals surface area contributed by atoms with Crippen molar-refractivity contribution in [2.75, 3.05) is 13.7 Å². The number of aromatic nitrogens is 1. The number of Topliss-reactive ketones (excluding diaryl/α,β-unsaturated/α-hetero) is 1. The van der Waals surface area contributed by atoms with Crippen molar-refractivity contribution in [3.63, 3.8) is 0 Å². The minimum absolute atomic E-state index is 0.103. The van der Waals surface area contributed by atoms with Gasteiger partial charge in [0.15, 0.2) is 18.5 Å². The summed E-state index contributed by atoms with van der Waals surface area (Å²) in [4.78, 5) is 13.2. The van der Waals surface area contributed by atoms with Crippen LogP contribution in [0.15, 0.2) is 36.0 Å². The summed E-state index contributed by atoms with van der Waals surface area (Å²) in [6.07, 6.45) is 3.11. The van der Waals surface area contributed by atoms with Crippen molar-refractivity contribution in [2.24, 2.45) is 0 Å². The fourth-order valence-electron chi connectivity index (χ4n) is 1.90. The second kappa shape index (κ2) is 7.17. The molecule has 0 radical (unpaired) electrons. The number of carbonyl (C=O) groups excluding carboxylic acids is 1. The molecule has 0 saturated carbocycles. The van der Waals surface area contributed by atoms with E-state index < -0.39 is 0 Å². The predicted octanol–water partition coefficient (Wildman–Crippen LogP) is 1.85. The first-order chi connectivity index (χ1) is 9.72. The van der Waals surface area contributed by atoms with Crippen LogP contribution in [-0.2, 0) is 13.0 Å². The van der Waals surface area contributed by atoms with Crippen molar-refractivity contribution in [3.8, 4) is 5.75 Å².